The van der Waals surface area contributed by atoms with Crippen molar-refractivity contribution in [2.24, 2.45) is 0 Å². The van der Waals surface area contributed by atoms with Crippen LogP contribution < -0.4 is 20.9 Å². The Hall–Kier alpha value is -3.09. The van der Waals surface area contributed by atoms with E-state index < -0.39 is 5.56 Å². The summed E-state index contributed by atoms with van der Waals surface area (Å²) in [5.74, 6) is 0.154. The average Bonchev–Trinajstić information content (AvgIpc) is 2.60. The van der Waals surface area contributed by atoms with Crippen molar-refractivity contribution in [2.45, 2.75) is 33.9 Å². The Morgan fingerprint density at radius 2 is 1.81 bits per heavy atom. The molecule has 2 amide bonds. The molecule has 2 rings (SSSR count). The van der Waals surface area contributed by atoms with Crippen LogP contribution >= 0.6 is 0 Å². The first-order chi connectivity index (χ1) is 12.4. The van der Waals surface area contributed by atoms with E-state index in [1.807, 2.05) is 31.2 Å². The SMILES string of the molecule is CCOc1ccc(CNC(=O)Cn2c(C)ccc(NC(C)=O)c2=O)cc1. The number of hydrogen-bond acceptors (Lipinski definition) is 4. The molecule has 1 aromatic heterocycles. The van der Waals surface area contributed by atoms with Crippen LogP contribution in [0.1, 0.15) is 25.1 Å². The molecule has 0 bridgehead atoms. The number of amides is 2. The summed E-state index contributed by atoms with van der Waals surface area (Å²) < 4.78 is 6.71. The van der Waals surface area contributed by atoms with Crippen molar-refractivity contribution < 1.29 is 14.3 Å². The monoisotopic (exact) mass is 357 g/mol. The molecule has 0 saturated heterocycles. The third-order valence-electron chi connectivity index (χ3n) is 3.73. The Kier molecular flexibility index (Phi) is 6.54. The summed E-state index contributed by atoms with van der Waals surface area (Å²) in [6.07, 6.45) is 0. The standard InChI is InChI=1S/C19H23N3O4/c1-4-26-16-8-6-15(7-9-16)11-20-18(24)12-22-13(2)5-10-17(19(22)25)21-14(3)23/h5-10H,4,11-12H2,1-3H3,(H,20,24)(H,21,23). The fourth-order valence-corrected chi connectivity index (χ4v) is 2.42. The first-order valence-electron chi connectivity index (χ1n) is 8.37. The quantitative estimate of drug-likeness (QED) is 0.791. The number of aromatic nitrogens is 1. The lowest BCUT2D eigenvalue weighted by Crippen LogP contribution is -2.34. The van der Waals surface area contributed by atoms with Crippen LogP contribution in [0.5, 0.6) is 5.75 Å². The van der Waals surface area contributed by atoms with E-state index in [-0.39, 0.29) is 24.0 Å². The molecule has 0 fully saturated rings. The predicted molar refractivity (Wildman–Crippen MR) is 99.2 cm³/mol. The van der Waals surface area contributed by atoms with Gasteiger partial charge in [0.05, 0.1) is 6.61 Å². The zero-order valence-electron chi connectivity index (χ0n) is 15.2. The number of aryl methyl sites for hydroxylation is 1. The van der Waals surface area contributed by atoms with Crippen LogP contribution in [0.25, 0.3) is 0 Å². The van der Waals surface area contributed by atoms with Crippen molar-refractivity contribution in [3.63, 3.8) is 0 Å². The van der Waals surface area contributed by atoms with Crippen molar-refractivity contribution in [3.8, 4) is 5.75 Å². The number of benzene rings is 1. The Balaban J connectivity index is 2.01. The maximum Gasteiger partial charge on any atom is 0.274 e. The Morgan fingerprint density at radius 1 is 1.12 bits per heavy atom. The number of anilines is 1. The van der Waals surface area contributed by atoms with Crippen molar-refractivity contribution >= 4 is 17.5 Å². The fraction of sp³-hybridized carbons (Fsp3) is 0.316. The summed E-state index contributed by atoms with van der Waals surface area (Å²) >= 11 is 0. The molecule has 2 aromatic rings. The average molecular weight is 357 g/mol. The van der Waals surface area contributed by atoms with Crippen molar-refractivity contribution in [3.05, 3.63) is 58.0 Å². The van der Waals surface area contributed by atoms with Crippen LogP contribution in [-0.4, -0.2) is 23.0 Å². The van der Waals surface area contributed by atoms with E-state index in [2.05, 4.69) is 10.6 Å². The highest BCUT2D eigenvalue weighted by molar-refractivity contribution is 5.88. The second-order valence-electron chi connectivity index (χ2n) is 5.81. The second-order valence-corrected chi connectivity index (χ2v) is 5.81. The summed E-state index contributed by atoms with van der Waals surface area (Å²) in [5.41, 5.74) is 1.32. The minimum atomic E-state index is -0.406. The summed E-state index contributed by atoms with van der Waals surface area (Å²) in [5, 5.41) is 5.26. The zero-order valence-corrected chi connectivity index (χ0v) is 15.2. The second kappa shape index (κ2) is 8.84. The van der Waals surface area contributed by atoms with Gasteiger partial charge in [-0.25, -0.2) is 0 Å². The molecule has 0 aliphatic rings. The van der Waals surface area contributed by atoms with E-state index in [4.69, 9.17) is 4.74 Å². The number of nitrogens with one attached hydrogen (secondary N) is 2. The highest BCUT2D eigenvalue weighted by atomic mass is 16.5. The van der Waals surface area contributed by atoms with E-state index in [9.17, 15) is 14.4 Å². The molecule has 2 N–H and O–H groups in total. The van der Waals surface area contributed by atoms with E-state index in [1.54, 1.807) is 13.0 Å². The number of pyridine rings is 1. The molecule has 1 aromatic carbocycles. The lowest BCUT2D eigenvalue weighted by Gasteiger charge is -2.12. The predicted octanol–water partition coefficient (Wildman–Crippen LogP) is 1.83. The molecule has 1 heterocycles. The number of ether oxygens (including phenoxy) is 1. The van der Waals surface area contributed by atoms with Gasteiger partial charge in [-0.05, 0) is 43.7 Å². The number of carbonyl (C=O) groups is 2. The normalized spacial score (nSPS) is 10.3. The highest BCUT2D eigenvalue weighted by Gasteiger charge is 2.11. The van der Waals surface area contributed by atoms with Gasteiger partial charge in [0, 0.05) is 19.2 Å². The minimum Gasteiger partial charge on any atom is -0.494 e. The molecule has 0 radical (unpaired) electrons. The molecule has 7 heteroatoms. The van der Waals surface area contributed by atoms with Crippen LogP contribution in [0, 0.1) is 6.92 Å². The van der Waals surface area contributed by atoms with Gasteiger partial charge in [0.1, 0.15) is 18.0 Å². The Morgan fingerprint density at radius 3 is 2.42 bits per heavy atom. The summed E-state index contributed by atoms with van der Waals surface area (Å²) in [6, 6.07) is 10.7. The number of rotatable bonds is 7. The molecule has 0 aliphatic heterocycles. The maximum atomic E-state index is 12.4. The molecular formula is C19H23N3O4. The Bertz CT molecular complexity index is 841. The van der Waals surface area contributed by atoms with E-state index in [0.29, 0.717) is 18.8 Å². The van der Waals surface area contributed by atoms with Gasteiger partial charge in [-0.1, -0.05) is 12.1 Å². The number of nitrogens with zero attached hydrogens (tertiary/aromatic N) is 1. The molecule has 0 unspecified atom stereocenters. The molecule has 0 saturated carbocycles. The van der Waals surface area contributed by atoms with E-state index in [0.717, 1.165) is 11.3 Å². The molecule has 26 heavy (non-hydrogen) atoms. The van der Waals surface area contributed by atoms with Crippen LogP contribution in [-0.2, 0) is 22.7 Å². The van der Waals surface area contributed by atoms with Gasteiger partial charge >= 0.3 is 0 Å². The Labute approximate surface area is 152 Å². The van der Waals surface area contributed by atoms with Crippen molar-refractivity contribution in [2.75, 3.05) is 11.9 Å². The van der Waals surface area contributed by atoms with E-state index >= 15 is 0 Å². The largest absolute Gasteiger partial charge is 0.494 e. The van der Waals surface area contributed by atoms with Crippen LogP contribution in [0.15, 0.2) is 41.2 Å². The molecule has 0 aliphatic carbocycles. The van der Waals surface area contributed by atoms with Gasteiger partial charge in [0.25, 0.3) is 5.56 Å². The third-order valence-corrected chi connectivity index (χ3v) is 3.73. The topological polar surface area (TPSA) is 89.4 Å². The van der Waals surface area contributed by atoms with Gasteiger partial charge in [-0.15, -0.1) is 0 Å². The lowest BCUT2D eigenvalue weighted by molar-refractivity contribution is -0.121. The summed E-state index contributed by atoms with van der Waals surface area (Å²) in [4.78, 5) is 35.8. The van der Waals surface area contributed by atoms with Crippen molar-refractivity contribution in [1.29, 1.82) is 0 Å². The van der Waals surface area contributed by atoms with Crippen LogP contribution in [0.2, 0.25) is 0 Å². The molecule has 7 nitrogen and oxygen atoms in total. The third kappa shape index (κ3) is 5.20. The first-order valence-corrected chi connectivity index (χ1v) is 8.37. The van der Waals surface area contributed by atoms with Gasteiger partial charge in [-0.2, -0.15) is 0 Å². The van der Waals surface area contributed by atoms with Crippen LogP contribution in [0.3, 0.4) is 0 Å². The van der Waals surface area contributed by atoms with Crippen molar-refractivity contribution in [1.82, 2.24) is 9.88 Å². The molecule has 0 spiro atoms. The minimum absolute atomic E-state index is 0.116. The van der Waals surface area contributed by atoms with Gasteiger partial charge in [0.15, 0.2) is 0 Å². The van der Waals surface area contributed by atoms with Gasteiger partial charge in [0.2, 0.25) is 11.8 Å². The van der Waals surface area contributed by atoms with Crippen LogP contribution in [0.4, 0.5) is 5.69 Å². The number of carbonyl (C=O) groups excluding carboxylic acids is 2. The first kappa shape index (κ1) is 19.2. The van der Waals surface area contributed by atoms with Gasteiger partial charge in [-0.3, -0.25) is 14.4 Å². The smallest absolute Gasteiger partial charge is 0.274 e. The summed E-state index contributed by atoms with van der Waals surface area (Å²) in [6.45, 7) is 5.81. The molecule has 0 atom stereocenters. The number of hydrogen-bond donors (Lipinski definition) is 2. The van der Waals surface area contributed by atoms with E-state index in [1.165, 1.54) is 17.6 Å². The van der Waals surface area contributed by atoms with Gasteiger partial charge < -0.3 is 19.9 Å². The molecular weight excluding hydrogens is 334 g/mol. The highest BCUT2D eigenvalue weighted by Crippen LogP contribution is 2.11. The summed E-state index contributed by atoms with van der Waals surface area (Å²) in [7, 11) is 0. The lowest BCUT2D eigenvalue weighted by atomic mass is 10.2. The molecule has 138 valence electrons. The fourth-order valence-electron chi connectivity index (χ4n) is 2.42. The maximum absolute atomic E-state index is 12.4. The zero-order chi connectivity index (χ0) is 19.1.